The van der Waals surface area contributed by atoms with Crippen LogP contribution in [0.5, 0.6) is 23.0 Å². The van der Waals surface area contributed by atoms with Crippen molar-refractivity contribution < 1.29 is 28.5 Å². The number of thiazole rings is 1. The molecule has 0 spiro atoms. The number of rotatable bonds is 12. The molecule has 1 aliphatic heterocycles. The van der Waals surface area contributed by atoms with E-state index < -0.39 is 12.0 Å². The molecule has 0 saturated heterocycles. The third kappa shape index (κ3) is 7.35. The van der Waals surface area contributed by atoms with Crippen LogP contribution in [-0.2, 0) is 16.1 Å². The highest BCUT2D eigenvalue weighted by Crippen LogP contribution is 2.36. The van der Waals surface area contributed by atoms with E-state index in [0.717, 1.165) is 11.1 Å². The number of carbonyl (C=O) groups is 1. The van der Waals surface area contributed by atoms with Crippen LogP contribution in [0.3, 0.4) is 0 Å². The normalized spacial score (nSPS) is 14.4. The molecular weight excluding hydrogens is 663 g/mol. The van der Waals surface area contributed by atoms with Crippen LogP contribution < -0.4 is 33.8 Å². The molecule has 1 aliphatic rings. The molecule has 0 fully saturated rings. The number of hydrogen-bond acceptors (Lipinski definition) is 9. The van der Waals surface area contributed by atoms with Crippen LogP contribution in [0, 0.1) is 0 Å². The lowest BCUT2D eigenvalue weighted by Gasteiger charge is -2.25. The molecule has 4 aromatic rings. The molecule has 9 nitrogen and oxygen atoms in total. The fourth-order valence-electron chi connectivity index (χ4n) is 5.19. The summed E-state index contributed by atoms with van der Waals surface area (Å²) >= 11 is 13.6. The summed E-state index contributed by atoms with van der Waals surface area (Å²) in [5.74, 6) is 1.53. The Hall–Kier alpha value is -4.25. The van der Waals surface area contributed by atoms with Crippen molar-refractivity contribution in [2.75, 3.05) is 26.9 Å². The Balaban J connectivity index is 1.57. The Kier molecular flexibility index (Phi) is 11.0. The number of methoxy groups -OCH3 is 1. The van der Waals surface area contributed by atoms with Crippen LogP contribution in [0.2, 0.25) is 10.0 Å². The number of nitrogens with zero attached hydrogens (tertiary/aromatic N) is 2. The van der Waals surface area contributed by atoms with Crippen molar-refractivity contribution >= 4 is 46.6 Å². The van der Waals surface area contributed by atoms with E-state index in [9.17, 15) is 9.59 Å². The molecule has 12 heteroatoms. The van der Waals surface area contributed by atoms with Gasteiger partial charge < -0.3 is 23.7 Å². The van der Waals surface area contributed by atoms with Gasteiger partial charge in [-0.25, -0.2) is 9.79 Å². The fourth-order valence-corrected chi connectivity index (χ4v) is 6.70. The maximum Gasteiger partial charge on any atom is 0.338 e. The minimum atomic E-state index is -0.799. The van der Waals surface area contributed by atoms with Crippen molar-refractivity contribution in [3.63, 3.8) is 0 Å². The summed E-state index contributed by atoms with van der Waals surface area (Å²) in [6.45, 7) is 8.43. The second-order valence-corrected chi connectivity index (χ2v) is 12.2. The molecule has 0 aliphatic carbocycles. The lowest BCUT2D eigenvalue weighted by molar-refractivity contribution is -0.139. The largest absolute Gasteiger partial charge is 0.493 e. The highest BCUT2D eigenvalue weighted by Gasteiger charge is 2.34. The van der Waals surface area contributed by atoms with Crippen LogP contribution in [-0.4, -0.2) is 37.5 Å². The zero-order valence-electron chi connectivity index (χ0n) is 26.6. The van der Waals surface area contributed by atoms with E-state index in [4.69, 9.17) is 46.9 Å². The number of benzene rings is 3. The first kappa shape index (κ1) is 34.1. The third-order valence-corrected chi connectivity index (χ3v) is 8.85. The van der Waals surface area contributed by atoms with Gasteiger partial charge >= 0.3 is 5.97 Å². The van der Waals surface area contributed by atoms with Gasteiger partial charge in [-0.1, -0.05) is 52.7 Å². The number of ether oxygens (including phenoxy) is 5. The Morgan fingerprint density at radius 3 is 2.32 bits per heavy atom. The summed E-state index contributed by atoms with van der Waals surface area (Å²) in [5.41, 5.74) is 2.59. The third-order valence-electron chi connectivity index (χ3n) is 7.28. The molecule has 0 saturated carbocycles. The first-order valence-electron chi connectivity index (χ1n) is 15.0. The van der Waals surface area contributed by atoms with Crippen molar-refractivity contribution in [2.24, 2.45) is 4.99 Å². The number of aromatic nitrogens is 1. The van der Waals surface area contributed by atoms with E-state index in [1.165, 1.54) is 15.9 Å². The number of halogens is 2. The molecule has 246 valence electrons. The summed E-state index contributed by atoms with van der Waals surface area (Å²) in [5, 5.41) is 1.05. The topological polar surface area (TPSA) is 97.6 Å². The Bertz CT molecular complexity index is 2020. The smallest absolute Gasteiger partial charge is 0.338 e. The van der Waals surface area contributed by atoms with Crippen LogP contribution in [0.4, 0.5) is 0 Å². The first-order valence-corrected chi connectivity index (χ1v) is 16.6. The standard InChI is InChI=1S/C35H34Cl2N2O7S/c1-6-43-28-15-21(9-13-27(28)46-19-23-10-12-24(36)18-25(23)37)16-30-33(40)39-32(22-11-14-26(42-5)29(17-22)44-7-2)31(34(41)45-8-3)20(4)38-35(39)47-30/h9-18,32H,6-8,19H2,1-5H3/b30-16-/t32-/m1/s1. The van der Waals surface area contributed by atoms with Gasteiger partial charge in [0.1, 0.15) is 6.61 Å². The molecule has 2 heterocycles. The molecule has 0 N–H and O–H groups in total. The van der Waals surface area contributed by atoms with Gasteiger partial charge in [-0.2, -0.15) is 0 Å². The van der Waals surface area contributed by atoms with Gasteiger partial charge in [0, 0.05) is 15.6 Å². The molecule has 1 aromatic heterocycles. The van der Waals surface area contributed by atoms with Crippen LogP contribution >= 0.6 is 34.5 Å². The minimum absolute atomic E-state index is 0.175. The number of fused-ring (bicyclic) bond motifs is 1. The minimum Gasteiger partial charge on any atom is -0.493 e. The first-order chi connectivity index (χ1) is 22.7. The van der Waals surface area contributed by atoms with Crippen molar-refractivity contribution in [1.29, 1.82) is 0 Å². The summed E-state index contributed by atoms with van der Waals surface area (Å²) in [4.78, 5) is 32.6. The zero-order chi connectivity index (χ0) is 33.7. The Morgan fingerprint density at radius 1 is 0.915 bits per heavy atom. The van der Waals surface area contributed by atoms with E-state index >= 15 is 0 Å². The molecule has 3 aromatic carbocycles. The maximum absolute atomic E-state index is 14.1. The summed E-state index contributed by atoms with van der Waals surface area (Å²) < 4.78 is 30.6. The van der Waals surface area contributed by atoms with Gasteiger partial charge in [-0.3, -0.25) is 9.36 Å². The second kappa shape index (κ2) is 15.1. The Morgan fingerprint density at radius 2 is 1.64 bits per heavy atom. The SMILES string of the molecule is CCOC(=O)C1=C(C)N=c2s/c(=C\c3ccc(OCc4ccc(Cl)cc4Cl)c(OCC)c3)c(=O)n2[C@@H]1c1ccc(OC)c(OCC)c1. The van der Waals surface area contributed by atoms with Crippen LogP contribution in [0.25, 0.3) is 6.08 Å². The zero-order valence-corrected chi connectivity index (χ0v) is 28.9. The molecule has 47 heavy (non-hydrogen) atoms. The average Bonchev–Trinajstić information content (AvgIpc) is 3.34. The Labute approximate surface area is 286 Å². The number of hydrogen-bond donors (Lipinski definition) is 0. The van der Waals surface area contributed by atoms with Crippen LogP contribution in [0.1, 0.15) is 50.4 Å². The summed E-state index contributed by atoms with van der Waals surface area (Å²) in [7, 11) is 1.56. The molecule has 5 rings (SSSR count). The summed E-state index contributed by atoms with van der Waals surface area (Å²) in [6.07, 6.45) is 1.77. The van der Waals surface area contributed by atoms with E-state index in [1.54, 1.807) is 57.4 Å². The molecule has 0 amide bonds. The van der Waals surface area contributed by atoms with Gasteiger partial charge in [0.2, 0.25) is 0 Å². The lowest BCUT2D eigenvalue weighted by Crippen LogP contribution is -2.40. The van der Waals surface area contributed by atoms with Gasteiger partial charge in [0.15, 0.2) is 27.8 Å². The second-order valence-electron chi connectivity index (χ2n) is 10.3. The van der Waals surface area contributed by atoms with Crippen molar-refractivity contribution in [2.45, 2.75) is 40.3 Å². The molecule has 0 radical (unpaired) electrons. The van der Waals surface area contributed by atoms with Gasteiger partial charge in [0.05, 0.1) is 48.8 Å². The van der Waals surface area contributed by atoms with Crippen molar-refractivity contribution in [3.8, 4) is 23.0 Å². The van der Waals surface area contributed by atoms with Crippen LogP contribution in [0.15, 0.2) is 75.7 Å². The lowest BCUT2D eigenvalue weighted by atomic mass is 9.95. The number of esters is 1. The number of carbonyl (C=O) groups excluding carboxylic acids is 1. The highest BCUT2D eigenvalue weighted by molar-refractivity contribution is 7.07. The molecular formula is C35H34Cl2N2O7S. The van der Waals surface area contributed by atoms with E-state index in [-0.39, 0.29) is 24.3 Å². The van der Waals surface area contributed by atoms with Gasteiger partial charge in [-0.05, 0) is 81.3 Å². The predicted octanol–water partition coefficient (Wildman–Crippen LogP) is 6.49. The summed E-state index contributed by atoms with van der Waals surface area (Å²) in [6, 6.07) is 15.2. The monoisotopic (exact) mass is 696 g/mol. The molecule has 0 unspecified atom stereocenters. The van der Waals surface area contributed by atoms with Gasteiger partial charge in [-0.15, -0.1) is 0 Å². The number of allylic oxidation sites excluding steroid dienone is 1. The van der Waals surface area contributed by atoms with E-state index in [1.807, 2.05) is 38.1 Å². The maximum atomic E-state index is 14.1. The highest BCUT2D eigenvalue weighted by atomic mass is 35.5. The predicted molar refractivity (Wildman–Crippen MR) is 183 cm³/mol. The molecule has 1 atom stereocenters. The van der Waals surface area contributed by atoms with Gasteiger partial charge in [0.25, 0.3) is 5.56 Å². The quantitative estimate of drug-likeness (QED) is 0.156. The average molecular weight is 698 g/mol. The van der Waals surface area contributed by atoms with Crippen molar-refractivity contribution in [1.82, 2.24) is 4.57 Å². The fraction of sp³-hybridized carbons (Fsp3) is 0.286. The van der Waals surface area contributed by atoms with E-state index in [0.29, 0.717) is 66.9 Å². The van der Waals surface area contributed by atoms with Crippen molar-refractivity contribution in [3.05, 3.63) is 112 Å². The van der Waals surface area contributed by atoms with E-state index in [2.05, 4.69) is 4.99 Å². The molecule has 0 bridgehead atoms.